The first-order chi connectivity index (χ1) is 18.6. The Kier molecular flexibility index (Phi) is 10.5. The number of hydrogen-bond donors (Lipinski definition) is 1. The summed E-state index contributed by atoms with van der Waals surface area (Å²) in [5.41, 5.74) is 1.10. The Labute approximate surface area is 239 Å². The highest BCUT2D eigenvalue weighted by atomic mass is 79.9. The minimum absolute atomic E-state index is 0.0515. The molecule has 0 bridgehead atoms. The number of halogens is 1. The molecule has 208 valence electrons. The van der Waals surface area contributed by atoms with E-state index in [1.807, 2.05) is 38.1 Å². The molecule has 8 nitrogen and oxygen atoms in total. The van der Waals surface area contributed by atoms with Crippen LogP contribution >= 0.6 is 15.9 Å². The molecule has 10 heteroatoms. The molecule has 3 aromatic rings. The molecular weight excluding hydrogens is 582 g/mol. The summed E-state index contributed by atoms with van der Waals surface area (Å²) in [6.45, 7) is 5.13. The highest BCUT2D eigenvalue weighted by Crippen LogP contribution is 2.26. The first-order valence-corrected chi connectivity index (χ1v) is 14.9. The van der Waals surface area contributed by atoms with E-state index in [9.17, 15) is 18.0 Å². The normalized spacial score (nSPS) is 12.7. The Morgan fingerprint density at radius 1 is 0.949 bits per heavy atom. The number of nitrogens with one attached hydrogen (secondary N) is 1. The molecule has 3 aromatic carbocycles. The van der Waals surface area contributed by atoms with E-state index in [0.717, 1.165) is 20.8 Å². The van der Waals surface area contributed by atoms with Crippen molar-refractivity contribution in [2.24, 2.45) is 0 Å². The lowest BCUT2D eigenvalue weighted by atomic mass is 10.1. The molecule has 2 atom stereocenters. The molecule has 0 saturated heterocycles. The third-order valence-electron chi connectivity index (χ3n) is 6.40. The molecular formula is C29H34BrN3O5S. The summed E-state index contributed by atoms with van der Waals surface area (Å²) in [4.78, 5) is 28.5. The van der Waals surface area contributed by atoms with Crippen LogP contribution < -0.4 is 14.4 Å². The van der Waals surface area contributed by atoms with Crippen LogP contribution in [0, 0.1) is 0 Å². The van der Waals surface area contributed by atoms with Gasteiger partial charge in [-0.2, -0.15) is 0 Å². The Bertz CT molecular complexity index is 1350. The molecule has 0 aliphatic rings. The molecule has 2 unspecified atom stereocenters. The van der Waals surface area contributed by atoms with Crippen LogP contribution in [-0.2, 0) is 26.2 Å². The number of anilines is 1. The number of benzene rings is 3. The molecule has 0 spiro atoms. The zero-order valence-corrected chi connectivity index (χ0v) is 24.9. The summed E-state index contributed by atoms with van der Waals surface area (Å²) in [6, 6.07) is 20.9. The van der Waals surface area contributed by atoms with Crippen LogP contribution in [0.15, 0.2) is 88.2 Å². The van der Waals surface area contributed by atoms with Crippen molar-refractivity contribution in [2.75, 3.05) is 18.0 Å². The van der Waals surface area contributed by atoms with Crippen molar-refractivity contribution in [1.29, 1.82) is 0 Å². The van der Waals surface area contributed by atoms with E-state index in [4.69, 9.17) is 4.74 Å². The van der Waals surface area contributed by atoms with Crippen molar-refractivity contribution >= 4 is 43.5 Å². The van der Waals surface area contributed by atoms with E-state index < -0.39 is 28.5 Å². The zero-order chi connectivity index (χ0) is 28.6. The van der Waals surface area contributed by atoms with Crippen molar-refractivity contribution < 1.29 is 22.7 Å². The summed E-state index contributed by atoms with van der Waals surface area (Å²) in [6.07, 6.45) is 0.736. The maximum atomic E-state index is 13.9. The second kappa shape index (κ2) is 13.6. The van der Waals surface area contributed by atoms with Gasteiger partial charge in [0.15, 0.2) is 0 Å². The van der Waals surface area contributed by atoms with Gasteiger partial charge in [-0.25, -0.2) is 8.42 Å². The lowest BCUT2D eigenvalue weighted by Gasteiger charge is -2.32. The fourth-order valence-electron chi connectivity index (χ4n) is 3.83. The lowest BCUT2D eigenvalue weighted by molar-refractivity contribution is -0.139. The highest BCUT2D eigenvalue weighted by molar-refractivity contribution is 9.10. The summed E-state index contributed by atoms with van der Waals surface area (Å²) in [5.74, 6) is -0.272. The molecule has 3 rings (SSSR count). The van der Waals surface area contributed by atoms with Gasteiger partial charge < -0.3 is 15.0 Å². The van der Waals surface area contributed by atoms with Crippen molar-refractivity contribution in [1.82, 2.24) is 10.2 Å². The van der Waals surface area contributed by atoms with E-state index in [0.29, 0.717) is 11.4 Å². The fourth-order valence-corrected chi connectivity index (χ4v) is 5.53. The quantitative estimate of drug-likeness (QED) is 0.310. The topological polar surface area (TPSA) is 96.0 Å². The summed E-state index contributed by atoms with van der Waals surface area (Å²) in [5, 5.41) is 2.93. The molecule has 39 heavy (non-hydrogen) atoms. The molecule has 0 aliphatic carbocycles. The lowest BCUT2D eigenvalue weighted by Crippen LogP contribution is -2.52. The number of rotatable bonds is 12. The van der Waals surface area contributed by atoms with Gasteiger partial charge in [0, 0.05) is 17.1 Å². The van der Waals surface area contributed by atoms with Crippen LogP contribution in [0.3, 0.4) is 0 Å². The minimum atomic E-state index is -4.11. The second-order valence-electron chi connectivity index (χ2n) is 9.16. The van der Waals surface area contributed by atoms with Crippen LogP contribution in [0.5, 0.6) is 5.75 Å². The summed E-state index contributed by atoms with van der Waals surface area (Å²) < 4.78 is 34.7. The number of amides is 2. The number of sulfonamides is 1. The first kappa shape index (κ1) is 30.2. The molecule has 0 aromatic heterocycles. The Hall–Kier alpha value is -3.37. The molecule has 0 fully saturated rings. The Morgan fingerprint density at radius 3 is 2.13 bits per heavy atom. The molecule has 1 N–H and O–H groups in total. The zero-order valence-electron chi connectivity index (χ0n) is 22.5. The van der Waals surface area contributed by atoms with E-state index in [1.165, 1.54) is 24.1 Å². The van der Waals surface area contributed by atoms with Gasteiger partial charge >= 0.3 is 0 Å². The van der Waals surface area contributed by atoms with Gasteiger partial charge in [-0.05, 0) is 74.4 Å². The minimum Gasteiger partial charge on any atom is -0.497 e. The van der Waals surface area contributed by atoms with Crippen LogP contribution in [0.2, 0.25) is 0 Å². The number of carbonyl (C=O) groups excluding carboxylic acids is 2. The SMILES string of the molecule is CCC(C)NC(=O)C(C)N(Cc1ccc(Br)cc1)C(=O)CN(c1ccc(OC)cc1)S(=O)(=O)c1ccccc1. The number of carbonyl (C=O) groups is 2. The number of methoxy groups -OCH3 is 1. The Balaban J connectivity index is 2.01. The monoisotopic (exact) mass is 615 g/mol. The van der Waals surface area contributed by atoms with Gasteiger partial charge in [0.1, 0.15) is 18.3 Å². The van der Waals surface area contributed by atoms with Crippen molar-refractivity contribution in [3.8, 4) is 5.75 Å². The van der Waals surface area contributed by atoms with E-state index >= 15 is 0 Å². The van der Waals surface area contributed by atoms with Gasteiger partial charge in [-0.1, -0.05) is 53.2 Å². The molecule has 0 aliphatic heterocycles. The van der Waals surface area contributed by atoms with Gasteiger partial charge in [-0.15, -0.1) is 0 Å². The van der Waals surface area contributed by atoms with E-state index in [1.54, 1.807) is 49.4 Å². The molecule has 0 heterocycles. The van der Waals surface area contributed by atoms with Crippen molar-refractivity contribution in [2.45, 2.75) is 50.7 Å². The predicted molar refractivity (Wildman–Crippen MR) is 156 cm³/mol. The molecule has 0 radical (unpaired) electrons. The molecule has 0 saturated carbocycles. The Morgan fingerprint density at radius 2 is 1.56 bits per heavy atom. The van der Waals surface area contributed by atoms with Crippen molar-refractivity contribution in [3.63, 3.8) is 0 Å². The number of hydrogen-bond acceptors (Lipinski definition) is 5. The van der Waals surface area contributed by atoms with Gasteiger partial charge in [0.25, 0.3) is 10.0 Å². The summed E-state index contributed by atoms with van der Waals surface area (Å²) in [7, 11) is -2.59. The summed E-state index contributed by atoms with van der Waals surface area (Å²) >= 11 is 3.41. The molecule has 2 amide bonds. The highest BCUT2D eigenvalue weighted by Gasteiger charge is 2.32. The first-order valence-electron chi connectivity index (χ1n) is 12.6. The standard InChI is InChI=1S/C29H34BrN3O5S/c1-5-21(2)31-29(35)22(3)32(19-23-11-13-24(30)14-12-23)28(34)20-33(25-15-17-26(38-4)18-16-25)39(36,37)27-9-7-6-8-10-27/h6-18,21-22H,5,19-20H2,1-4H3,(H,31,35). The maximum absolute atomic E-state index is 13.9. The van der Waals surface area contributed by atoms with Crippen molar-refractivity contribution in [3.05, 3.63) is 88.9 Å². The maximum Gasteiger partial charge on any atom is 0.264 e. The van der Waals surface area contributed by atoms with Gasteiger partial charge in [0.2, 0.25) is 11.8 Å². The van der Waals surface area contributed by atoms with Crippen LogP contribution in [0.4, 0.5) is 5.69 Å². The van der Waals surface area contributed by atoms with E-state index in [-0.39, 0.29) is 23.4 Å². The van der Waals surface area contributed by atoms with Crippen LogP contribution in [0.1, 0.15) is 32.8 Å². The van der Waals surface area contributed by atoms with Crippen LogP contribution in [-0.4, -0.2) is 50.9 Å². The van der Waals surface area contributed by atoms with Gasteiger partial charge in [0.05, 0.1) is 17.7 Å². The second-order valence-corrected chi connectivity index (χ2v) is 11.9. The predicted octanol–water partition coefficient (Wildman–Crippen LogP) is 4.99. The number of ether oxygens (including phenoxy) is 1. The van der Waals surface area contributed by atoms with Gasteiger partial charge in [-0.3, -0.25) is 13.9 Å². The number of nitrogens with zero attached hydrogens (tertiary/aromatic N) is 2. The third kappa shape index (κ3) is 7.83. The smallest absolute Gasteiger partial charge is 0.264 e. The average molecular weight is 617 g/mol. The third-order valence-corrected chi connectivity index (χ3v) is 8.72. The largest absolute Gasteiger partial charge is 0.497 e. The average Bonchev–Trinajstić information content (AvgIpc) is 2.95. The van der Waals surface area contributed by atoms with Crippen LogP contribution in [0.25, 0.3) is 0 Å². The van der Waals surface area contributed by atoms with E-state index in [2.05, 4.69) is 21.2 Å². The fraction of sp³-hybridized carbons (Fsp3) is 0.310.